The molecule has 0 saturated carbocycles. The van der Waals surface area contributed by atoms with E-state index in [0.29, 0.717) is 5.84 Å². The van der Waals surface area contributed by atoms with Crippen LogP contribution in [-0.2, 0) is 0 Å². The summed E-state index contributed by atoms with van der Waals surface area (Å²) in [4.78, 5) is 10.6. The second-order valence-electron chi connectivity index (χ2n) is 14.5. The van der Waals surface area contributed by atoms with Crippen LogP contribution in [0.2, 0.25) is 0 Å². The van der Waals surface area contributed by atoms with Crippen LogP contribution in [0.5, 0.6) is 0 Å². The summed E-state index contributed by atoms with van der Waals surface area (Å²) >= 11 is 0. The highest BCUT2D eigenvalue weighted by Gasteiger charge is 2.26. The standard InChI is InChI=1S/C51H31N3O2/c1-2-13-32(14-3-1)49-52-50(34-27-26-31-25-24-30-12-4-6-16-35(30)40(31)29-34)54-51(53-49)39-20-11-23-44-47(39)46-37(19-10-22-43(46)55-44)41-28-33-15-5-7-17-36(33)48-45(41)38-18-8-9-21-42(38)56-48/h1-29,49H,(H,52,53,54). The van der Waals surface area contributed by atoms with Crippen LogP contribution in [0.3, 0.4) is 0 Å². The summed E-state index contributed by atoms with van der Waals surface area (Å²) in [5.41, 5.74) is 8.49. The van der Waals surface area contributed by atoms with E-state index in [1.54, 1.807) is 0 Å². The molecule has 5 heteroatoms. The zero-order valence-corrected chi connectivity index (χ0v) is 30.0. The maximum absolute atomic E-state index is 6.69. The molecule has 0 bridgehead atoms. The number of benzene rings is 9. The molecule has 3 heterocycles. The third kappa shape index (κ3) is 4.67. The average Bonchev–Trinajstić information content (AvgIpc) is 3.86. The van der Waals surface area contributed by atoms with E-state index in [-0.39, 0.29) is 6.17 Å². The van der Waals surface area contributed by atoms with E-state index in [1.165, 1.54) is 21.5 Å². The van der Waals surface area contributed by atoms with Gasteiger partial charge in [-0.3, -0.25) is 0 Å². The van der Waals surface area contributed by atoms with Crippen molar-refractivity contribution in [3.63, 3.8) is 0 Å². The molecule has 0 radical (unpaired) electrons. The number of furan rings is 2. The molecule has 262 valence electrons. The second kappa shape index (κ2) is 12.0. The molecule has 11 aromatic rings. The van der Waals surface area contributed by atoms with Crippen molar-refractivity contribution < 1.29 is 8.83 Å². The predicted molar refractivity (Wildman–Crippen MR) is 231 cm³/mol. The van der Waals surface area contributed by atoms with Crippen LogP contribution in [0, 0.1) is 0 Å². The number of hydrogen-bond donors (Lipinski definition) is 1. The fourth-order valence-electron chi connectivity index (χ4n) is 8.72. The molecule has 0 saturated heterocycles. The SMILES string of the molecule is c1ccc(C2N=C(c3ccc4ccc5ccccc5c4c3)N=C(c3cccc4oc5cccc(-c6cc7ccccc7c7oc8ccccc8c67)c5c34)N2)cc1. The summed E-state index contributed by atoms with van der Waals surface area (Å²) < 4.78 is 13.3. The Kier molecular flexibility index (Phi) is 6.63. The van der Waals surface area contributed by atoms with Gasteiger partial charge < -0.3 is 14.2 Å². The molecule has 0 spiro atoms. The van der Waals surface area contributed by atoms with Crippen molar-refractivity contribution in [1.29, 1.82) is 0 Å². The first kappa shape index (κ1) is 30.9. The van der Waals surface area contributed by atoms with Gasteiger partial charge >= 0.3 is 0 Å². The van der Waals surface area contributed by atoms with Gasteiger partial charge in [-0.25, -0.2) is 9.98 Å². The molecule has 0 fully saturated rings. The fraction of sp³-hybridized carbons (Fsp3) is 0.0196. The molecule has 2 aromatic heterocycles. The van der Waals surface area contributed by atoms with Gasteiger partial charge in [0.25, 0.3) is 0 Å². The quantitative estimate of drug-likeness (QED) is 0.184. The minimum atomic E-state index is -0.354. The van der Waals surface area contributed by atoms with E-state index >= 15 is 0 Å². The first-order valence-corrected chi connectivity index (χ1v) is 18.9. The van der Waals surface area contributed by atoms with Crippen molar-refractivity contribution in [1.82, 2.24) is 5.32 Å². The minimum absolute atomic E-state index is 0.354. The van der Waals surface area contributed by atoms with E-state index in [1.807, 2.05) is 30.3 Å². The molecule has 1 aliphatic heterocycles. The summed E-state index contributed by atoms with van der Waals surface area (Å²) in [6.07, 6.45) is -0.354. The Balaban J connectivity index is 1.11. The predicted octanol–water partition coefficient (Wildman–Crippen LogP) is 13.1. The lowest BCUT2D eigenvalue weighted by Gasteiger charge is -2.24. The first-order valence-electron chi connectivity index (χ1n) is 18.9. The number of nitrogens with zero attached hydrogens (tertiary/aromatic N) is 2. The summed E-state index contributed by atoms with van der Waals surface area (Å²) in [5, 5.41) is 14.9. The van der Waals surface area contributed by atoms with E-state index in [2.05, 4.69) is 151 Å². The number of para-hydroxylation sites is 1. The van der Waals surface area contributed by atoms with Crippen molar-refractivity contribution in [2.24, 2.45) is 9.98 Å². The zero-order chi connectivity index (χ0) is 36.7. The average molecular weight is 718 g/mol. The van der Waals surface area contributed by atoms with Crippen LogP contribution in [-0.4, -0.2) is 11.7 Å². The van der Waals surface area contributed by atoms with E-state index in [0.717, 1.165) is 88.3 Å². The molecule has 56 heavy (non-hydrogen) atoms. The molecule has 0 aliphatic carbocycles. The van der Waals surface area contributed by atoms with Crippen molar-refractivity contribution in [2.45, 2.75) is 6.17 Å². The van der Waals surface area contributed by atoms with Crippen LogP contribution >= 0.6 is 0 Å². The summed E-state index contributed by atoms with van der Waals surface area (Å²) in [7, 11) is 0. The Morgan fingerprint density at radius 1 is 0.429 bits per heavy atom. The molecular weight excluding hydrogens is 687 g/mol. The Labute approximate surface area is 320 Å². The van der Waals surface area contributed by atoms with Gasteiger partial charge in [-0.1, -0.05) is 146 Å². The molecule has 1 unspecified atom stereocenters. The minimum Gasteiger partial charge on any atom is -0.456 e. The van der Waals surface area contributed by atoms with Crippen LogP contribution in [0.4, 0.5) is 0 Å². The number of nitrogens with one attached hydrogen (secondary N) is 1. The smallest absolute Gasteiger partial charge is 0.159 e. The van der Waals surface area contributed by atoms with Gasteiger partial charge in [0.15, 0.2) is 5.84 Å². The lowest BCUT2D eigenvalue weighted by atomic mass is 9.91. The highest BCUT2D eigenvalue weighted by molar-refractivity contribution is 6.28. The Hall–Kier alpha value is -7.50. The third-order valence-corrected chi connectivity index (χ3v) is 11.3. The number of rotatable bonds is 4. The van der Waals surface area contributed by atoms with Gasteiger partial charge in [-0.15, -0.1) is 0 Å². The monoisotopic (exact) mass is 717 g/mol. The van der Waals surface area contributed by atoms with Crippen LogP contribution in [0.1, 0.15) is 22.9 Å². The van der Waals surface area contributed by atoms with E-state index in [4.69, 9.17) is 18.8 Å². The Bertz CT molecular complexity index is 3460. The van der Waals surface area contributed by atoms with Crippen LogP contribution in [0.25, 0.3) is 87.3 Å². The van der Waals surface area contributed by atoms with Gasteiger partial charge in [0.05, 0.1) is 0 Å². The maximum atomic E-state index is 6.69. The summed E-state index contributed by atoms with van der Waals surface area (Å²) in [5.74, 6) is 1.41. The first-order chi connectivity index (χ1) is 27.7. The molecule has 12 rings (SSSR count). The van der Waals surface area contributed by atoms with Crippen molar-refractivity contribution in [3.8, 4) is 11.1 Å². The number of hydrogen-bond acceptors (Lipinski definition) is 5. The van der Waals surface area contributed by atoms with Crippen LogP contribution < -0.4 is 5.32 Å². The van der Waals surface area contributed by atoms with Gasteiger partial charge in [-0.2, -0.15) is 0 Å². The Morgan fingerprint density at radius 2 is 1.07 bits per heavy atom. The molecule has 1 N–H and O–H groups in total. The van der Waals surface area contributed by atoms with Gasteiger partial charge in [0.1, 0.15) is 34.3 Å². The number of amidine groups is 2. The summed E-state index contributed by atoms with van der Waals surface area (Å²) in [6.45, 7) is 0. The van der Waals surface area contributed by atoms with Gasteiger partial charge in [0.2, 0.25) is 0 Å². The zero-order valence-electron chi connectivity index (χ0n) is 30.0. The highest BCUT2D eigenvalue weighted by atomic mass is 16.3. The van der Waals surface area contributed by atoms with E-state index < -0.39 is 0 Å². The topological polar surface area (TPSA) is 63.0 Å². The fourth-order valence-corrected chi connectivity index (χ4v) is 8.72. The van der Waals surface area contributed by atoms with E-state index in [9.17, 15) is 0 Å². The normalized spacial score (nSPS) is 14.6. The summed E-state index contributed by atoms with van der Waals surface area (Å²) in [6, 6.07) is 61.5. The lowest BCUT2D eigenvalue weighted by molar-refractivity contribution is 0.667. The molecule has 1 aliphatic rings. The Morgan fingerprint density at radius 3 is 1.91 bits per heavy atom. The van der Waals surface area contributed by atoms with Gasteiger partial charge in [-0.05, 0) is 74.0 Å². The molecule has 0 amide bonds. The number of aliphatic imine (C=N–C) groups is 2. The van der Waals surface area contributed by atoms with Crippen LogP contribution in [0.15, 0.2) is 195 Å². The third-order valence-electron chi connectivity index (χ3n) is 11.3. The van der Waals surface area contributed by atoms with Crippen molar-refractivity contribution >= 4 is 87.9 Å². The molecule has 5 nitrogen and oxygen atoms in total. The van der Waals surface area contributed by atoms with Gasteiger partial charge in [0, 0.05) is 38.1 Å². The molecular formula is C51H31N3O2. The maximum Gasteiger partial charge on any atom is 0.159 e. The van der Waals surface area contributed by atoms with Crippen molar-refractivity contribution in [2.75, 3.05) is 0 Å². The second-order valence-corrected chi connectivity index (χ2v) is 14.5. The molecule has 1 atom stereocenters. The number of fused-ring (bicyclic) bond motifs is 11. The lowest BCUT2D eigenvalue weighted by Crippen LogP contribution is -2.33. The highest BCUT2D eigenvalue weighted by Crippen LogP contribution is 2.45. The van der Waals surface area contributed by atoms with Crippen molar-refractivity contribution in [3.05, 3.63) is 193 Å². The largest absolute Gasteiger partial charge is 0.456 e. The molecule has 9 aromatic carbocycles.